The van der Waals surface area contributed by atoms with Crippen LogP contribution in [0, 0.1) is 23.2 Å². The number of amides is 3. The van der Waals surface area contributed by atoms with Crippen LogP contribution in [0.25, 0.3) is 11.1 Å². The minimum atomic E-state index is -3.19. The number of alkyl halides is 2. The number of rotatable bonds is 5. The maximum atomic E-state index is 15.2. The molecule has 5 aliphatic rings. The van der Waals surface area contributed by atoms with E-state index in [0.717, 1.165) is 11.3 Å². The topological polar surface area (TPSA) is 123 Å². The molecule has 10 heteroatoms. The highest BCUT2D eigenvalue weighted by Gasteiger charge is 2.63. The van der Waals surface area contributed by atoms with Crippen LogP contribution in [0.4, 0.5) is 8.78 Å². The summed E-state index contributed by atoms with van der Waals surface area (Å²) in [5, 5.41) is 27.2. The highest BCUT2D eigenvalue weighted by atomic mass is 19.3. The first kappa shape index (κ1) is 26.4. The van der Waals surface area contributed by atoms with Gasteiger partial charge in [0.2, 0.25) is 11.8 Å². The van der Waals surface area contributed by atoms with E-state index < -0.39 is 59.7 Å². The molecule has 3 heterocycles. The van der Waals surface area contributed by atoms with Crippen LogP contribution in [0.5, 0.6) is 0 Å². The zero-order chi connectivity index (χ0) is 28.2. The molecule has 2 aromatic rings. The van der Waals surface area contributed by atoms with Crippen molar-refractivity contribution in [1.29, 1.82) is 5.26 Å². The van der Waals surface area contributed by atoms with Gasteiger partial charge in [-0.25, -0.2) is 8.78 Å². The number of nitriles is 1. The molecule has 3 aliphatic heterocycles. The summed E-state index contributed by atoms with van der Waals surface area (Å²) >= 11 is 0. The highest BCUT2D eigenvalue weighted by molar-refractivity contribution is 6.01. The van der Waals surface area contributed by atoms with Crippen LogP contribution in [0.1, 0.15) is 49.7 Å². The number of halogens is 2. The van der Waals surface area contributed by atoms with Crippen molar-refractivity contribution >= 4 is 17.7 Å². The fourth-order valence-corrected chi connectivity index (χ4v) is 7.17. The molecule has 5 atom stereocenters. The van der Waals surface area contributed by atoms with Crippen LogP contribution < -0.4 is 10.6 Å². The minimum Gasteiger partial charge on any atom is -0.372 e. The van der Waals surface area contributed by atoms with E-state index >= 15 is 8.78 Å². The Bertz CT molecular complexity index is 1380. The molecule has 8 nitrogen and oxygen atoms in total. The molecule has 3 saturated heterocycles. The molecule has 0 aromatic heterocycles. The summed E-state index contributed by atoms with van der Waals surface area (Å²) in [5.41, 5.74) is -0.151. The van der Waals surface area contributed by atoms with Crippen molar-refractivity contribution in [2.24, 2.45) is 11.8 Å². The van der Waals surface area contributed by atoms with Crippen LogP contribution >= 0.6 is 0 Å². The first-order chi connectivity index (χ1) is 19.2. The van der Waals surface area contributed by atoms with E-state index in [2.05, 4.69) is 10.6 Å². The lowest BCUT2D eigenvalue weighted by atomic mass is 9.70. The van der Waals surface area contributed by atoms with E-state index in [1.54, 1.807) is 48.5 Å². The number of carbonyl (C=O) groups excluding carboxylic acids is 3. The van der Waals surface area contributed by atoms with Crippen LogP contribution in [-0.4, -0.2) is 58.3 Å². The van der Waals surface area contributed by atoms with Gasteiger partial charge in [-0.15, -0.1) is 0 Å². The van der Waals surface area contributed by atoms with Crippen LogP contribution in [0.15, 0.2) is 48.5 Å². The van der Waals surface area contributed by atoms with Crippen molar-refractivity contribution in [2.75, 3.05) is 6.54 Å². The summed E-state index contributed by atoms with van der Waals surface area (Å²) in [6.45, 7) is 0.547. The quantitative estimate of drug-likeness (QED) is 0.531. The number of benzene rings is 2. The largest absolute Gasteiger partial charge is 0.372 e. The zero-order valence-electron chi connectivity index (χ0n) is 21.8. The molecule has 40 heavy (non-hydrogen) atoms. The second kappa shape index (κ2) is 9.66. The van der Waals surface area contributed by atoms with Crippen LogP contribution in [0.3, 0.4) is 0 Å². The molecule has 2 bridgehead atoms. The lowest BCUT2D eigenvalue weighted by molar-refractivity contribution is -0.201. The second-order valence-electron chi connectivity index (χ2n) is 11.3. The van der Waals surface area contributed by atoms with E-state index in [1.807, 2.05) is 6.07 Å². The van der Waals surface area contributed by atoms with E-state index in [4.69, 9.17) is 0 Å². The summed E-state index contributed by atoms with van der Waals surface area (Å²) in [4.78, 5) is 41.5. The zero-order valence-corrected chi connectivity index (χ0v) is 21.8. The summed E-state index contributed by atoms with van der Waals surface area (Å²) < 4.78 is 30.5. The average Bonchev–Trinajstić information content (AvgIpc) is 3.22. The third kappa shape index (κ3) is 3.98. The Labute approximate surface area is 230 Å². The molecule has 208 valence electrons. The summed E-state index contributed by atoms with van der Waals surface area (Å²) in [7, 11) is 0. The monoisotopic (exact) mass is 548 g/mol. The molecule has 0 unspecified atom stereocenters. The molecular formula is C30H30F2N4O4. The predicted octanol–water partition coefficient (Wildman–Crippen LogP) is 2.84. The Morgan fingerprint density at radius 3 is 2.35 bits per heavy atom. The molecule has 3 amide bonds. The van der Waals surface area contributed by atoms with E-state index in [0.29, 0.717) is 35.2 Å². The number of piperidine rings is 3. The van der Waals surface area contributed by atoms with Crippen molar-refractivity contribution in [1.82, 2.24) is 15.5 Å². The molecule has 3 N–H and O–H groups in total. The molecule has 2 aromatic carbocycles. The van der Waals surface area contributed by atoms with Crippen molar-refractivity contribution in [3.8, 4) is 17.2 Å². The SMILES string of the molecule is N#C[C@@H](C[C@@H]1CCCNC1=O)NC(=O)[C@H]1[C@@H]2CC[C@@H](CC2(F)F)N1C(=O)C1(O)c2ccccc2-c2ccccc21. The van der Waals surface area contributed by atoms with Gasteiger partial charge in [0.05, 0.1) is 12.0 Å². The Morgan fingerprint density at radius 2 is 1.75 bits per heavy atom. The van der Waals surface area contributed by atoms with Crippen molar-refractivity contribution in [2.45, 2.75) is 68.2 Å². The average molecular weight is 549 g/mol. The molecule has 2 aliphatic carbocycles. The molecule has 7 rings (SSSR count). The van der Waals surface area contributed by atoms with Gasteiger partial charge in [0.25, 0.3) is 11.8 Å². The Kier molecular flexibility index (Phi) is 6.37. The lowest BCUT2D eigenvalue weighted by Gasteiger charge is -2.54. The van der Waals surface area contributed by atoms with Gasteiger partial charge in [-0.05, 0) is 43.2 Å². The van der Waals surface area contributed by atoms with Gasteiger partial charge in [-0.1, -0.05) is 48.5 Å². The van der Waals surface area contributed by atoms with Crippen molar-refractivity contribution < 1.29 is 28.3 Å². The van der Waals surface area contributed by atoms with Crippen LogP contribution in [-0.2, 0) is 20.0 Å². The number of fused-ring (bicyclic) bond motifs is 6. The van der Waals surface area contributed by atoms with E-state index in [-0.39, 0.29) is 25.2 Å². The second-order valence-corrected chi connectivity index (χ2v) is 11.3. The molecule has 0 radical (unpaired) electrons. The number of hydrogen-bond donors (Lipinski definition) is 3. The Hall–Kier alpha value is -3.84. The number of nitrogens with zero attached hydrogens (tertiary/aromatic N) is 2. The fraction of sp³-hybridized carbons (Fsp3) is 0.467. The number of nitrogens with one attached hydrogen (secondary N) is 2. The van der Waals surface area contributed by atoms with Gasteiger partial charge in [0.15, 0.2) is 5.60 Å². The van der Waals surface area contributed by atoms with Crippen molar-refractivity contribution in [3.63, 3.8) is 0 Å². The Morgan fingerprint density at radius 1 is 1.10 bits per heavy atom. The maximum absolute atomic E-state index is 15.2. The number of hydrogen-bond acceptors (Lipinski definition) is 5. The molecule has 0 spiro atoms. The summed E-state index contributed by atoms with van der Waals surface area (Å²) in [6.07, 6.45) is 1.06. The van der Waals surface area contributed by atoms with Gasteiger partial charge >= 0.3 is 0 Å². The molecule has 1 saturated carbocycles. The van der Waals surface area contributed by atoms with Gasteiger partial charge in [0, 0.05) is 36.1 Å². The smallest absolute Gasteiger partial charge is 0.264 e. The maximum Gasteiger partial charge on any atom is 0.264 e. The summed E-state index contributed by atoms with van der Waals surface area (Å²) in [6, 6.07) is 12.2. The van der Waals surface area contributed by atoms with Gasteiger partial charge in [-0.2, -0.15) is 5.26 Å². The van der Waals surface area contributed by atoms with Gasteiger partial charge in [0.1, 0.15) is 12.1 Å². The summed E-state index contributed by atoms with van der Waals surface area (Å²) in [5.74, 6) is -7.03. The first-order valence-electron chi connectivity index (χ1n) is 13.8. The first-order valence-corrected chi connectivity index (χ1v) is 13.8. The highest BCUT2D eigenvalue weighted by Crippen LogP contribution is 2.53. The van der Waals surface area contributed by atoms with Gasteiger partial charge in [-0.3, -0.25) is 14.4 Å². The van der Waals surface area contributed by atoms with Crippen molar-refractivity contribution in [3.05, 3.63) is 59.7 Å². The van der Waals surface area contributed by atoms with Crippen LogP contribution in [0.2, 0.25) is 0 Å². The van der Waals surface area contributed by atoms with Gasteiger partial charge < -0.3 is 20.6 Å². The van der Waals surface area contributed by atoms with E-state index in [1.165, 1.54) is 0 Å². The normalized spacial score (nSPS) is 28.1. The Balaban J connectivity index is 1.35. The predicted molar refractivity (Wildman–Crippen MR) is 139 cm³/mol. The minimum absolute atomic E-state index is 0.0351. The standard InChI is InChI=1S/C30H30F2N4O4/c31-29(32)15-19-11-12-24(29)25(27(38)35-18(16-33)14-17-6-5-13-34-26(17)37)36(19)28(39)30(40)22-9-3-1-7-20(22)21-8-2-4-10-23(21)30/h1-4,7-10,17-19,24-25,40H,5-6,11-15H2,(H,34,37)(H,35,38)/t17-,18+,19-,24-,25+/m0/s1. The molecule has 4 fully saturated rings. The lowest BCUT2D eigenvalue weighted by Crippen LogP contribution is -2.70. The number of aliphatic hydroxyl groups is 1. The fourth-order valence-electron chi connectivity index (χ4n) is 7.17. The number of carbonyl (C=O) groups is 3. The third-order valence-electron chi connectivity index (χ3n) is 9.06. The van der Waals surface area contributed by atoms with E-state index in [9.17, 15) is 24.8 Å². The third-order valence-corrected chi connectivity index (χ3v) is 9.06. The molecular weight excluding hydrogens is 518 g/mol.